The lowest BCUT2D eigenvalue weighted by Crippen LogP contribution is -2.31. The summed E-state index contributed by atoms with van der Waals surface area (Å²) < 4.78 is 1.79. The Labute approximate surface area is 195 Å². The van der Waals surface area contributed by atoms with Gasteiger partial charge in [-0.1, -0.05) is 12.1 Å². The number of pyridine rings is 1. The Hall–Kier alpha value is -3.45. The lowest BCUT2D eigenvalue weighted by molar-refractivity contribution is 0.0956. The minimum absolute atomic E-state index is 0.138. The summed E-state index contributed by atoms with van der Waals surface area (Å²) in [7, 11) is 5.77. The Balaban J connectivity index is 1.55. The molecule has 0 bridgehead atoms. The van der Waals surface area contributed by atoms with Crippen molar-refractivity contribution in [1.29, 1.82) is 0 Å². The molecule has 0 saturated carbocycles. The van der Waals surface area contributed by atoms with E-state index in [2.05, 4.69) is 45.4 Å². The van der Waals surface area contributed by atoms with Crippen molar-refractivity contribution in [3.8, 4) is 11.1 Å². The van der Waals surface area contributed by atoms with Crippen LogP contribution in [0.5, 0.6) is 0 Å². The first-order valence-corrected chi connectivity index (χ1v) is 11.4. The normalized spacial score (nSPS) is 14.5. The molecule has 0 atom stereocenters. The fourth-order valence-electron chi connectivity index (χ4n) is 4.03. The van der Waals surface area contributed by atoms with Gasteiger partial charge in [-0.15, -0.1) is 0 Å². The van der Waals surface area contributed by atoms with Gasteiger partial charge < -0.3 is 10.2 Å². The van der Waals surface area contributed by atoms with E-state index >= 15 is 0 Å². The Morgan fingerprint density at radius 3 is 2.64 bits per heavy atom. The minimum atomic E-state index is -0.138. The Morgan fingerprint density at radius 1 is 1.15 bits per heavy atom. The number of benzene rings is 1. The molecular weight excluding hydrogens is 412 g/mol. The summed E-state index contributed by atoms with van der Waals surface area (Å²) in [6.45, 7) is 5.06. The number of amides is 1. The number of likely N-dealkylation sites (tertiary alicyclic amines) is 1. The van der Waals surface area contributed by atoms with Gasteiger partial charge in [0.05, 0.1) is 11.9 Å². The van der Waals surface area contributed by atoms with E-state index < -0.39 is 0 Å². The van der Waals surface area contributed by atoms with Crippen LogP contribution in [0.15, 0.2) is 54.7 Å². The van der Waals surface area contributed by atoms with Gasteiger partial charge in [0, 0.05) is 51.2 Å². The number of nitrogens with zero attached hydrogens (tertiary/aromatic N) is 5. The summed E-state index contributed by atoms with van der Waals surface area (Å²) in [5.41, 5.74) is 5.88. The van der Waals surface area contributed by atoms with Gasteiger partial charge in [-0.05, 0) is 73.8 Å². The van der Waals surface area contributed by atoms with Gasteiger partial charge in [-0.2, -0.15) is 5.10 Å². The molecule has 1 aliphatic rings. The van der Waals surface area contributed by atoms with E-state index in [0.29, 0.717) is 5.56 Å². The Kier molecular flexibility index (Phi) is 6.89. The first-order valence-electron chi connectivity index (χ1n) is 11.4. The Bertz CT molecular complexity index is 1160. The quantitative estimate of drug-likeness (QED) is 0.602. The maximum Gasteiger partial charge on any atom is 0.256 e. The summed E-state index contributed by atoms with van der Waals surface area (Å²) >= 11 is 0. The second-order valence-corrected chi connectivity index (χ2v) is 8.87. The molecule has 1 saturated heterocycles. The monoisotopic (exact) mass is 444 g/mol. The predicted molar refractivity (Wildman–Crippen MR) is 131 cm³/mol. The highest BCUT2D eigenvalue weighted by Crippen LogP contribution is 2.23. The van der Waals surface area contributed by atoms with Crippen molar-refractivity contribution < 1.29 is 4.79 Å². The van der Waals surface area contributed by atoms with Gasteiger partial charge in [-0.3, -0.25) is 19.4 Å². The van der Waals surface area contributed by atoms with E-state index in [-0.39, 0.29) is 5.91 Å². The van der Waals surface area contributed by atoms with Gasteiger partial charge in [0.1, 0.15) is 5.82 Å². The van der Waals surface area contributed by atoms with E-state index in [1.807, 2.05) is 50.6 Å². The maximum atomic E-state index is 13.1. The van der Waals surface area contributed by atoms with Crippen molar-refractivity contribution >= 4 is 12.0 Å². The van der Waals surface area contributed by atoms with Crippen molar-refractivity contribution in [3.05, 3.63) is 77.1 Å². The number of rotatable bonds is 7. The van der Waals surface area contributed by atoms with Crippen LogP contribution in [-0.4, -0.2) is 57.7 Å². The molecule has 1 aromatic carbocycles. The summed E-state index contributed by atoms with van der Waals surface area (Å²) in [6, 6.07) is 9.98. The summed E-state index contributed by atoms with van der Waals surface area (Å²) in [4.78, 5) is 21.8. The third kappa shape index (κ3) is 5.68. The lowest BCUT2D eigenvalue weighted by Gasteiger charge is -2.19. The number of aryl methyl sites for hydroxylation is 2. The van der Waals surface area contributed by atoms with Crippen molar-refractivity contribution in [2.75, 3.05) is 27.2 Å². The van der Waals surface area contributed by atoms with Crippen molar-refractivity contribution in [3.63, 3.8) is 0 Å². The molecule has 7 nitrogen and oxygen atoms in total. The molecule has 0 radical (unpaired) electrons. The molecule has 1 aliphatic heterocycles. The van der Waals surface area contributed by atoms with Gasteiger partial charge in [-0.25, -0.2) is 0 Å². The molecule has 172 valence electrons. The highest BCUT2D eigenvalue weighted by atomic mass is 16.1. The number of nitrogens with one attached hydrogen (secondary N) is 1. The smallest absolute Gasteiger partial charge is 0.256 e. The highest BCUT2D eigenvalue weighted by molar-refractivity contribution is 5.95. The van der Waals surface area contributed by atoms with E-state index in [1.54, 1.807) is 16.9 Å². The SMILES string of the molecule is Cc1ccc(-c2cnn(C)c2)cc1/C=C(/NC(=O)c1ccnc(CN2CCCC2)c1)N(C)C. The molecule has 4 rings (SSSR count). The zero-order valence-corrected chi connectivity index (χ0v) is 19.9. The molecule has 0 aliphatic carbocycles. The average molecular weight is 445 g/mol. The predicted octanol–water partition coefficient (Wildman–Crippen LogP) is 3.68. The largest absolute Gasteiger partial charge is 0.364 e. The van der Waals surface area contributed by atoms with Crippen molar-refractivity contribution in [1.82, 2.24) is 29.9 Å². The second-order valence-electron chi connectivity index (χ2n) is 8.87. The molecule has 2 aromatic heterocycles. The van der Waals surface area contributed by atoms with Crippen LogP contribution in [0.2, 0.25) is 0 Å². The molecule has 1 N–H and O–H groups in total. The fourth-order valence-corrected chi connectivity index (χ4v) is 4.03. The molecule has 1 amide bonds. The molecule has 0 unspecified atom stereocenters. The first-order chi connectivity index (χ1) is 15.9. The van der Waals surface area contributed by atoms with Crippen LogP contribution in [-0.2, 0) is 13.6 Å². The van der Waals surface area contributed by atoms with Gasteiger partial charge in [0.25, 0.3) is 5.91 Å². The molecule has 0 spiro atoms. The maximum absolute atomic E-state index is 13.1. The number of hydrogen-bond acceptors (Lipinski definition) is 5. The fraction of sp³-hybridized carbons (Fsp3) is 0.346. The van der Waals surface area contributed by atoms with Crippen LogP contribution >= 0.6 is 0 Å². The van der Waals surface area contributed by atoms with Gasteiger partial charge >= 0.3 is 0 Å². The van der Waals surface area contributed by atoms with Crippen LogP contribution in [0.3, 0.4) is 0 Å². The van der Waals surface area contributed by atoms with E-state index in [9.17, 15) is 4.79 Å². The third-order valence-electron chi connectivity index (χ3n) is 6.00. The molecular formula is C26H32N6O. The first kappa shape index (κ1) is 22.7. The van der Waals surface area contributed by atoms with Gasteiger partial charge in [0.15, 0.2) is 0 Å². The average Bonchev–Trinajstić information content (AvgIpc) is 3.46. The summed E-state index contributed by atoms with van der Waals surface area (Å²) in [5, 5.41) is 7.36. The van der Waals surface area contributed by atoms with E-state index in [1.165, 1.54) is 12.8 Å². The zero-order chi connectivity index (χ0) is 23.4. The lowest BCUT2D eigenvalue weighted by atomic mass is 10.0. The van der Waals surface area contributed by atoms with E-state index in [0.717, 1.165) is 53.4 Å². The van der Waals surface area contributed by atoms with Crippen LogP contribution in [0.4, 0.5) is 0 Å². The molecule has 3 aromatic rings. The van der Waals surface area contributed by atoms with E-state index in [4.69, 9.17) is 0 Å². The summed E-state index contributed by atoms with van der Waals surface area (Å²) in [6.07, 6.45) is 10.1. The highest BCUT2D eigenvalue weighted by Gasteiger charge is 2.15. The van der Waals surface area contributed by atoms with Crippen LogP contribution < -0.4 is 5.32 Å². The summed E-state index contributed by atoms with van der Waals surface area (Å²) in [5.74, 6) is 0.588. The second kappa shape index (κ2) is 10.0. The molecule has 7 heteroatoms. The van der Waals surface area contributed by atoms with Crippen molar-refractivity contribution in [2.45, 2.75) is 26.3 Å². The number of carbonyl (C=O) groups is 1. The number of aromatic nitrogens is 3. The third-order valence-corrected chi connectivity index (χ3v) is 6.00. The molecule has 3 heterocycles. The van der Waals surface area contributed by atoms with Gasteiger partial charge in [0.2, 0.25) is 0 Å². The van der Waals surface area contributed by atoms with Crippen LogP contribution in [0.1, 0.15) is 40.0 Å². The standard InChI is InChI=1S/C26H32N6O/c1-19-7-8-20(23-16-28-31(4)17-23)13-22(19)15-25(30(2)3)29-26(33)21-9-10-27-24(14-21)18-32-11-5-6-12-32/h7-10,13-17H,5-6,11-12,18H2,1-4H3,(H,29,33)/b25-15-. The zero-order valence-electron chi connectivity index (χ0n) is 19.9. The van der Waals surface area contributed by atoms with Crippen molar-refractivity contribution in [2.24, 2.45) is 7.05 Å². The molecule has 33 heavy (non-hydrogen) atoms. The topological polar surface area (TPSA) is 66.3 Å². The molecule has 1 fully saturated rings. The number of carbonyl (C=O) groups excluding carboxylic acids is 1. The minimum Gasteiger partial charge on any atom is -0.364 e. The number of hydrogen-bond donors (Lipinski definition) is 1. The Morgan fingerprint density at radius 2 is 1.94 bits per heavy atom. The van der Waals surface area contributed by atoms with Crippen LogP contribution in [0, 0.1) is 6.92 Å². The van der Waals surface area contributed by atoms with Crippen LogP contribution in [0.25, 0.3) is 17.2 Å².